The van der Waals surface area contributed by atoms with Crippen molar-refractivity contribution in [3.63, 3.8) is 0 Å². The first kappa shape index (κ1) is 21.4. The number of rotatable bonds is 9. The van der Waals surface area contributed by atoms with Gasteiger partial charge in [-0.2, -0.15) is 0 Å². The summed E-state index contributed by atoms with van der Waals surface area (Å²) < 4.78 is 0. The van der Waals surface area contributed by atoms with Crippen LogP contribution in [0.25, 0.3) is 0 Å². The minimum absolute atomic E-state index is 0.177. The lowest BCUT2D eigenvalue weighted by molar-refractivity contribution is -0.123. The Kier molecular flexibility index (Phi) is 6.79. The van der Waals surface area contributed by atoms with Crippen LogP contribution in [-0.4, -0.2) is 40.4 Å². The van der Waals surface area contributed by atoms with Gasteiger partial charge in [0.15, 0.2) is 0 Å². The molecule has 2 aromatic rings. The summed E-state index contributed by atoms with van der Waals surface area (Å²) in [6.45, 7) is 6.02. The summed E-state index contributed by atoms with van der Waals surface area (Å²) in [5, 5.41) is 3.98. The lowest BCUT2D eigenvalue weighted by Crippen LogP contribution is -2.43. The number of hydrogen-bond acceptors (Lipinski definition) is 3. The van der Waals surface area contributed by atoms with Crippen molar-refractivity contribution < 1.29 is 4.79 Å². The molecule has 1 atom stereocenters. The molecule has 2 heterocycles. The number of imidazole rings is 1. The smallest absolute Gasteiger partial charge is 0.230 e. The number of amides is 1. The van der Waals surface area contributed by atoms with Gasteiger partial charge in [-0.3, -0.25) is 9.69 Å². The molecule has 2 N–H and O–H groups in total. The largest absolute Gasteiger partial charge is 0.355 e. The molecule has 2 fully saturated rings. The van der Waals surface area contributed by atoms with Gasteiger partial charge in [-0.25, -0.2) is 4.98 Å². The van der Waals surface area contributed by atoms with Crippen molar-refractivity contribution in [1.29, 1.82) is 0 Å². The average Bonchev–Trinajstić information content (AvgIpc) is 3.45. The second kappa shape index (κ2) is 9.52. The number of piperidine rings is 1. The van der Waals surface area contributed by atoms with Crippen LogP contribution in [0.4, 0.5) is 0 Å². The maximum Gasteiger partial charge on any atom is 0.230 e. The number of nitrogens with zero attached hydrogens (tertiary/aromatic N) is 2. The molecule has 0 bridgehead atoms. The number of aromatic nitrogens is 2. The Morgan fingerprint density at radius 2 is 2.13 bits per heavy atom. The molecule has 1 saturated carbocycles. The van der Waals surface area contributed by atoms with E-state index in [4.69, 9.17) is 11.6 Å². The van der Waals surface area contributed by atoms with Gasteiger partial charge in [-0.1, -0.05) is 37.1 Å². The molecule has 1 aliphatic heterocycles. The van der Waals surface area contributed by atoms with Gasteiger partial charge < -0.3 is 10.3 Å². The third-order valence-corrected chi connectivity index (χ3v) is 6.83. The maximum absolute atomic E-state index is 12.9. The lowest BCUT2D eigenvalue weighted by atomic mass is 9.93. The van der Waals surface area contributed by atoms with Crippen molar-refractivity contribution >= 4 is 17.5 Å². The number of benzene rings is 1. The second-order valence-corrected chi connectivity index (χ2v) is 9.44. The first-order chi connectivity index (χ1) is 14.6. The molecule has 30 heavy (non-hydrogen) atoms. The molecule has 0 spiro atoms. The highest BCUT2D eigenvalue weighted by atomic mass is 35.5. The van der Waals surface area contributed by atoms with Crippen LogP contribution in [0.15, 0.2) is 30.5 Å². The Balaban J connectivity index is 1.26. The summed E-state index contributed by atoms with van der Waals surface area (Å²) >= 11 is 6.01. The van der Waals surface area contributed by atoms with Crippen molar-refractivity contribution in [2.45, 2.75) is 63.8 Å². The van der Waals surface area contributed by atoms with Gasteiger partial charge in [0.2, 0.25) is 5.91 Å². The number of nitrogens with one attached hydrogen (secondary N) is 2. The van der Waals surface area contributed by atoms with Gasteiger partial charge in [-0.05, 0) is 62.3 Å². The number of aromatic amines is 1. The quantitative estimate of drug-likeness (QED) is 0.619. The van der Waals surface area contributed by atoms with Crippen LogP contribution >= 0.6 is 11.6 Å². The highest BCUT2D eigenvalue weighted by molar-refractivity contribution is 6.30. The summed E-state index contributed by atoms with van der Waals surface area (Å²) in [7, 11) is 0. The third kappa shape index (κ3) is 5.06. The van der Waals surface area contributed by atoms with Gasteiger partial charge in [0.25, 0.3) is 0 Å². The fourth-order valence-corrected chi connectivity index (χ4v) is 4.73. The molecular weight excluding hydrogens is 396 g/mol. The Morgan fingerprint density at radius 1 is 1.33 bits per heavy atom. The molecule has 5 nitrogen and oxygen atoms in total. The minimum atomic E-state index is -0.330. The Morgan fingerprint density at radius 3 is 2.87 bits per heavy atom. The molecule has 1 aliphatic carbocycles. The van der Waals surface area contributed by atoms with Gasteiger partial charge >= 0.3 is 0 Å². The summed E-state index contributed by atoms with van der Waals surface area (Å²) in [5.74, 6) is 1.78. The van der Waals surface area contributed by atoms with Crippen LogP contribution in [-0.2, 0) is 23.2 Å². The van der Waals surface area contributed by atoms with Crippen molar-refractivity contribution in [3.8, 4) is 0 Å². The molecule has 4 rings (SSSR count). The van der Waals surface area contributed by atoms with E-state index in [1.54, 1.807) is 0 Å². The van der Waals surface area contributed by atoms with E-state index in [1.165, 1.54) is 31.4 Å². The van der Waals surface area contributed by atoms with Crippen molar-refractivity contribution in [2.24, 2.45) is 5.92 Å². The van der Waals surface area contributed by atoms with Gasteiger partial charge in [-0.15, -0.1) is 0 Å². The van der Waals surface area contributed by atoms with Crippen LogP contribution in [0.1, 0.15) is 62.5 Å². The number of carbonyl (C=O) groups excluding carboxylic acids is 1. The highest BCUT2D eigenvalue weighted by Gasteiger charge is 2.51. The first-order valence-corrected chi connectivity index (χ1v) is 11.8. The molecule has 162 valence electrons. The number of unbranched alkanes of at least 4 members (excludes halogenated alkanes) is 1. The summed E-state index contributed by atoms with van der Waals surface area (Å²) in [6.07, 6.45) is 9.59. The standard InChI is InChI=1S/C24H33ClN4O/c1-2-3-6-22-26-15-21(28-22)17-29-13-4-5-18(16-29)14-27-23(30)24(11-12-24)19-7-9-20(25)10-8-19/h7-10,15,18H,2-6,11-14,16-17H2,1H3,(H,26,28)(H,27,30)/t18-/m1/s1. The van der Waals surface area contributed by atoms with Crippen molar-refractivity contribution in [2.75, 3.05) is 19.6 Å². The van der Waals surface area contributed by atoms with Crippen molar-refractivity contribution in [1.82, 2.24) is 20.2 Å². The Labute approximate surface area is 184 Å². The first-order valence-electron chi connectivity index (χ1n) is 11.4. The third-order valence-electron chi connectivity index (χ3n) is 6.58. The SMILES string of the molecule is CCCCc1ncc(CN2CCC[C@H](CNC(=O)C3(c4ccc(Cl)cc4)CC3)C2)[nH]1. The van der Waals surface area contributed by atoms with Crippen LogP contribution in [0.5, 0.6) is 0 Å². The van der Waals surface area contributed by atoms with E-state index in [0.717, 1.165) is 56.8 Å². The van der Waals surface area contributed by atoms with Crippen LogP contribution < -0.4 is 5.32 Å². The number of aryl methyl sites for hydroxylation is 1. The predicted octanol–water partition coefficient (Wildman–Crippen LogP) is 4.47. The van der Waals surface area contributed by atoms with E-state index >= 15 is 0 Å². The average molecular weight is 429 g/mol. The number of likely N-dealkylation sites (tertiary alicyclic amines) is 1. The van der Waals surface area contributed by atoms with E-state index < -0.39 is 0 Å². The molecule has 2 aliphatic rings. The molecule has 0 radical (unpaired) electrons. The minimum Gasteiger partial charge on any atom is -0.355 e. The normalized spacial score (nSPS) is 20.8. The summed E-state index contributed by atoms with van der Waals surface area (Å²) in [6, 6.07) is 7.76. The Hall–Kier alpha value is -1.85. The molecule has 1 aromatic carbocycles. The fourth-order valence-electron chi connectivity index (χ4n) is 4.61. The zero-order chi connectivity index (χ0) is 21.0. The topological polar surface area (TPSA) is 61.0 Å². The number of H-pyrrole nitrogens is 1. The van der Waals surface area contributed by atoms with E-state index in [9.17, 15) is 4.79 Å². The van der Waals surface area contributed by atoms with Crippen LogP contribution in [0, 0.1) is 5.92 Å². The second-order valence-electron chi connectivity index (χ2n) is 9.00. The predicted molar refractivity (Wildman–Crippen MR) is 121 cm³/mol. The summed E-state index contributed by atoms with van der Waals surface area (Å²) in [5.41, 5.74) is 1.96. The maximum atomic E-state index is 12.9. The molecule has 1 aromatic heterocycles. The fraction of sp³-hybridized carbons (Fsp3) is 0.583. The molecular formula is C24H33ClN4O. The van der Waals surface area contributed by atoms with E-state index in [0.29, 0.717) is 10.9 Å². The summed E-state index contributed by atoms with van der Waals surface area (Å²) in [4.78, 5) is 23.4. The van der Waals surface area contributed by atoms with Crippen molar-refractivity contribution in [3.05, 3.63) is 52.6 Å². The zero-order valence-corrected chi connectivity index (χ0v) is 18.7. The number of hydrogen-bond donors (Lipinski definition) is 2. The van der Waals surface area contributed by atoms with E-state index in [2.05, 4.69) is 27.1 Å². The van der Waals surface area contributed by atoms with Crippen LogP contribution in [0.2, 0.25) is 5.02 Å². The van der Waals surface area contributed by atoms with E-state index in [-0.39, 0.29) is 11.3 Å². The molecule has 1 saturated heterocycles. The number of carbonyl (C=O) groups is 1. The van der Waals surface area contributed by atoms with Gasteiger partial charge in [0.05, 0.1) is 5.41 Å². The van der Waals surface area contributed by atoms with E-state index in [1.807, 2.05) is 30.5 Å². The zero-order valence-electron chi connectivity index (χ0n) is 17.9. The highest BCUT2D eigenvalue weighted by Crippen LogP contribution is 2.48. The monoisotopic (exact) mass is 428 g/mol. The van der Waals surface area contributed by atoms with Gasteiger partial charge in [0.1, 0.15) is 5.82 Å². The molecule has 6 heteroatoms. The van der Waals surface area contributed by atoms with Gasteiger partial charge in [0, 0.05) is 43.0 Å². The number of halogens is 1. The molecule has 0 unspecified atom stereocenters. The molecule has 1 amide bonds. The van der Waals surface area contributed by atoms with Crippen LogP contribution in [0.3, 0.4) is 0 Å². The Bertz CT molecular complexity index is 843. The lowest BCUT2D eigenvalue weighted by Gasteiger charge is -2.32.